The Morgan fingerprint density at radius 3 is 2.43 bits per heavy atom. The maximum atomic E-state index is 11.9. The minimum atomic E-state index is -0.0763. The minimum absolute atomic E-state index is 0.0753. The zero-order valence-corrected chi connectivity index (χ0v) is 10.7. The Labute approximate surface area is 98.9 Å². The Kier molecular flexibility index (Phi) is 3.05. The molecular formula is C11H17IO2. The molecule has 2 rings (SSSR count). The molecule has 0 aliphatic heterocycles. The van der Waals surface area contributed by atoms with Crippen LogP contribution in [0, 0.1) is 17.3 Å². The highest BCUT2D eigenvalue weighted by Gasteiger charge is 2.69. The lowest BCUT2D eigenvalue weighted by atomic mass is 10.0. The third-order valence-electron chi connectivity index (χ3n) is 3.86. The Morgan fingerprint density at radius 1 is 1.43 bits per heavy atom. The average Bonchev–Trinajstić information content (AvgIpc) is 2.87. The van der Waals surface area contributed by atoms with Crippen LogP contribution in [0.15, 0.2) is 0 Å². The van der Waals surface area contributed by atoms with Gasteiger partial charge in [-0.2, -0.15) is 0 Å². The molecule has 2 fully saturated rings. The van der Waals surface area contributed by atoms with Gasteiger partial charge in [0.1, 0.15) is 0 Å². The van der Waals surface area contributed by atoms with Gasteiger partial charge in [-0.15, -0.1) is 0 Å². The van der Waals surface area contributed by atoms with Crippen molar-refractivity contribution in [1.29, 1.82) is 0 Å². The molecule has 3 atom stereocenters. The van der Waals surface area contributed by atoms with E-state index in [1.54, 1.807) is 0 Å². The van der Waals surface area contributed by atoms with Crippen LogP contribution in [0.1, 0.15) is 32.6 Å². The standard InChI is InChI=1S/C11H17IO2/c1-2-14-10(13)11(7-12)8-5-3-4-6-9(8)11/h8-9H,2-7H2,1H3/t8-,9+,11?. The fourth-order valence-electron chi connectivity index (χ4n) is 3.07. The van der Waals surface area contributed by atoms with E-state index in [-0.39, 0.29) is 11.4 Å². The van der Waals surface area contributed by atoms with Crippen molar-refractivity contribution in [3.63, 3.8) is 0 Å². The molecule has 0 aromatic carbocycles. The Balaban J connectivity index is 2.08. The summed E-state index contributed by atoms with van der Waals surface area (Å²) in [6.07, 6.45) is 5.09. The number of alkyl halides is 1. The summed E-state index contributed by atoms with van der Waals surface area (Å²) in [6.45, 7) is 2.42. The molecule has 0 bridgehead atoms. The number of carbonyl (C=O) groups is 1. The number of esters is 1. The highest BCUT2D eigenvalue weighted by Crippen LogP contribution is 2.66. The van der Waals surface area contributed by atoms with Gasteiger partial charge in [0, 0.05) is 4.43 Å². The van der Waals surface area contributed by atoms with Gasteiger partial charge in [0.15, 0.2) is 0 Å². The number of hydrogen-bond acceptors (Lipinski definition) is 2. The van der Waals surface area contributed by atoms with Crippen molar-refractivity contribution in [3.8, 4) is 0 Å². The Bertz CT molecular complexity index is 227. The van der Waals surface area contributed by atoms with E-state index < -0.39 is 0 Å². The van der Waals surface area contributed by atoms with Gasteiger partial charge in [-0.1, -0.05) is 35.4 Å². The topological polar surface area (TPSA) is 26.3 Å². The molecule has 0 amide bonds. The summed E-state index contributed by atoms with van der Waals surface area (Å²) in [5.74, 6) is 1.37. The van der Waals surface area contributed by atoms with Crippen LogP contribution in [0.3, 0.4) is 0 Å². The van der Waals surface area contributed by atoms with Crippen LogP contribution >= 0.6 is 22.6 Å². The lowest BCUT2D eigenvalue weighted by Crippen LogP contribution is -2.24. The number of hydrogen-bond donors (Lipinski definition) is 0. The molecule has 0 heterocycles. The number of carbonyl (C=O) groups excluding carboxylic acids is 1. The number of rotatable bonds is 3. The molecule has 2 aliphatic rings. The zero-order chi connectivity index (χ0) is 10.2. The van der Waals surface area contributed by atoms with Gasteiger partial charge in [-0.25, -0.2) is 0 Å². The highest BCUT2D eigenvalue weighted by atomic mass is 127. The first-order chi connectivity index (χ1) is 6.77. The average molecular weight is 308 g/mol. The van der Waals surface area contributed by atoms with E-state index in [4.69, 9.17) is 4.74 Å². The van der Waals surface area contributed by atoms with Gasteiger partial charge < -0.3 is 4.74 Å². The molecule has 0 N–H and O–H groups in total. The molecule has 0 spiro atoms. The van der Waals surface area contributed by atoms with E-state index in [0.29, 0.717) is 18.4 Å². The third kappa shape index (κ3) is 1.39. The quantitative estimate of drug-likeness (QED) is 0.455. The van der Waals surface area contributed by atoms with Gasteiger partial charge in [-0.05, 0) is 31.6 Å². The second kappa shape index (κ2) is 3.99. The molecule has 2 saturated carbocycles. The third-order valence-corrected chi connectivity index (χ3v) is 5.12. The molecule has 0 aromatic heterocycles. The van der Waals surface area contributed by atoms with Crippen LogP contribution in [-0.4, -0.2) is 17.0 Å². The van der Waals surface area contributed by atoms with Crippen molar-refractivity contribution in [2.75, 3.05) is 11.0 Å². The number of halogens is 1. The molecule has 2 nitrogen and oxygen atoms in total. The summed E-state index contributed by atoms with van der Waals surface area (Å²) in [6, 6.07) is 0. The largest absolute Gasteiger partial charge is 0.466 e. The van der Waals surface area contributed by atoms with Crippen molar-refractivity contribution >= 4 is 28.6 Å². The van der Waals surface area contributed by atoms with Crippen LogP contribution < -0.4 is 0 Å². The van der Waals surface area contributed by atoms with E-state index >= 15 is 0 Å². The van der Waals surface area contributed by atoms with E-state index in [1.165, 1.54) is 25.7 Å². The summed E-state index contributed by atoms with van der Waals surface area (Å²) in [5.41, 5.74) is -0.0763. The van der Waals surface area contributed by atoms with Crippen LogP contribution in [-0.2, 0) is 9.53 Å². The molecule has 0 saturated heterocycles. The molecule has 0 aromatic rings. The van der Waals surface area contributed by atoms with Crippen molar-refractivity contribution in [2.45, 2.75) is 32.6 Å². The molecule has 2 aliphatic carbocycles. The van der Waals surface area contributed by atoms with E-state index in [1.807, 2.05) is 6.92 Å². The van der Waals surface area contributed by atoms with E-state index in [9.17, 15) is 4.79 Å². The predicted octanol–water partition coefficient (Wildman–Crippen LogP) is 2.79. The maximum Gasteiger partial charge on any atom is 0.313 e. The van der Waals surface area contributed by atoms with Gasteiger partial charge in [0.05, 0.1) is 12.0 Å². The molecule has 3 heteroatoms. The molecule has 14 heavy (non-hydrogen) atoms. The summed E-state index contributed by atoms with van der Waals surface area (Å²) in [4.78, 5) is 11.9. The van der Waals surface area contributed by atoms with Crippen LogP contribution in [0.25, 0.3) is 0 Å². The van der Waals surface area contributed by atoms with Gasteiger partial charge >= 0.3 is 5.97 Å². The number of ether oxygens (including phenoxy) is 1. The molecule has 80 valence electrons. The first kappa shape index (κ1) is 10.7. The first-order valence-electron chi connectivity index (χ1n) is 5.50. The number of fused-ring (bicyclic) bond motifs is 1. The Hall–Kier alpha value is 0.200. The van der Waals surface area contributed by atoms with Crippen molar-refractivity contribution in [2.24, 2.45) is 17.3 Å². The van der Waals surface area contributed by atoms with E-state index in [2.05, 4.69) is 22.6 Å². The lowest BCUT2D eigenvalue weighted by Gasteiger charge is -2.12. The van der Waals surface area contributed by atoms with Gasteiger partial charge in [-0.3, -0.25) is 4.79 Å². The summed E-state index contributed by atoms with van der Waals surface area (Å²) >= 11 is 2.35. The molecule has 0 radical (unpaired) electrons. The van der Waals surface area contributed by atoms with E-state index in [0.717, 1.165) is 4.43 Å². The Morgan fingerprint density at radius 2 is 2.00 bits per heavy atom. The lowest BCUT2D eigenvalue weighted by molar-refractivity contribution is -0.149. The predicted molar refractivity (Wildman–Crippen MR) is 63.4 cm³/mol. The summed E-state index contributed by atoms with van der Waals surface area (Å²) < 4.78 is 6.15. The smallest absolute Gasteiger partial charge is 0.313 e. The van der Waals surface area contributed by atoms with Crippen molar-refractivity contribution in [3.05, 3.63) is 0 Å². The second-order valence-electron chi connectivity index (χ2n) is 4.39. The van der Waals surface area contributed by atoms with Crippen LogP contribution in [0.4, 0.5) is 0 Å². The van der Waals surface area contributed by atoms with Crippen LogP contribution in [0.5, 0.6) is 0 Å². The first-order valence-corrected chi connectivity index (χ1v) is 7.03. The van der Waals surface area contributed by atoms with Crippen molar-refractivity contribution < 1.29 is 9.53 Å². The molecule has 1 unspecified atom stereocenters. The summed E-state index contributed by atoms with van der Waals surface area (Å²) in [7, 11) is 0. The monoisotopic (exact) mass is 308 g/mol. The highest BCUT2D eigenvalue weighted by molar-refractivity contribution is 14.1. The minimum Gasteiger partial charge on any atom is -0.466 e. The SMILES string of the molecule is CCOC(=O)C1(CI)[C@@H]2CCCC[C@@H]21. The fourth-order valence-corrected chi connectivity index (χ4v) is 4.51. The van der Waals surface area contributed by atoms with Gasteiger partial charge in [0.2, 0.25) is 0 Å². The van der Waals surface area contributed by atoms with Crippen LogP contribution in [0.2, 0.25) is 0 Å². The van der Waals surface area contributed by atoms with Gasteiger partial charge in [0.25, 0.3) is 0 Å². The zero-order valence-electron chi connectivity index (χ0n) is 8.59. The maximum absolute atomic E-state index is 11.9. The van der Waals surface area contributed by atoms with Crippen molar-refractivity contribution in [1.82, 2.24) is 0 Å². The fraction of sp³-hybridized carbons (Fsp3) is 0.909. The molecular weight excluding hydrogens is 291 g/mol. The summed E-state index contributed by atoms with van der Waals surface area (Å²) in [5, 5.41) is 0. The normalized spacial score (nSPS) is 40.1. The second-order valence-corrected chi connectivity index (χ2v) is 5.15.